The van der Waals surface area contributed by atoms with Crippen molar-refractivity contribution in [2.45, 2.75) is 26.9 Å². The maximum absolute atomic E-state index is 12.0. The fraction of sp³-hybridized carbons (Fsp3) is 0.316. The first kappa shape index (κ1) is 18.9. The maximum Gasteiger partial charge on any atom is 0.319 e. The number of carbonyl (C=O) groups is 1. The first-order valence-corrected chi connectivity index (χ1v) is 8.53. The lowest BCUT2D eigenvalue weighted by Crippen LogP contribution is -2.32. The highest BCUT2D eigenvalue weighted by atomic mass is 35.5. The summed E-state index contributed by atoms with van der Waals surface area (Å²) in [7, 11) is 0. The van der Waals surface area contributed by atoms with E-state index in [-0.39, 0.29) is 12.1 Å². The van der Waals surface area contributed by atoms with Crippen molar-refractivity contribution in [1.82, 2.24) is 5.32 Å². The number of halogens is 1. The van der Waals surface area contributed by atoms with Crippen LogP contribution < -0.4 is 20.1 Å². The highest BCUT2D eigenvalue weighted by Crippen LogP contribution is 2.24. The normalized spacial score (nSPS) is 10.4. The lowest BCUT2D eigenvalue weighted by atomic mass is 10.2. The minimum Gasteiger partial charge on any atom is -0.491 e. The molecule has 0 aromatic heterocycles. The number of aryl methyl sites for hydroxylation is 1. The van der Waals surface area contributed by atoms with Crippen LogP contribution in [-0.4, -0.2) is 25.3 Å². The monoisotopic (exact) mass is 362 g/mol. The lowest BCUT2D eigenvalue weighted by Gasteiger charge is -2.15. The Kier molecular flexibility index (Phi) is 6.95. The molecule has 5 nitrogen and oxygen atoms in total. The molecule has 0 aliphatic carbocycles. The molecule has 0 saturated heterocycles. The Morgan fingerprint density at radius 2 is 1.92 bits per heavy atom. The van der Waals surface area contributed by atoms with E-state index in [0.717, 1.165) is 11.3 Å². The van der Waals surface area contributed by atoms with Gasteiger partial charge in [-0.15, -0.1) is 0 Å². The van der Waals surface area contributed by atoms with E-state index in [9.17, 15) is 4.79 Å². The largest absolute Gasteiger partial charge is 0.491 e. The van der Waals surface area contributed by atoms with Crippen LogP contribution in [0.5, 0.6) is 11.5 Å². The molecule has 0 aliphatic rings. The first-order valence-electron chi connectivity index (χ1n) is 8.15. The third-order valence-corrected chi connectivity index (χ3v) is 3.52. The quantitative estimate of drug-likeness (QED) is 0.705. The number of amides is 2. The van der Waals surface area contributed by atoms with Crippen molar-refractivity contribution in [3.8, 4) is 11.5 Å². The molecule has 2 rings (SSSR count). The molecule has 2 amide bonds. The van der Waals surface area contributed by atoms with Crippen molar-refractivity contribution in [2.24, 2.45) is 0 Å². The van der Waals surface area contributed by atoms with Crippen molar-refractivity contribution >= 4 is 23.3 Å². The number of nitrogens with one attached hydrogen (secondary N) is 2. The summed E-state index contributed by atoms with van der Waals surface area (Å²) < 4.78 is 11.3. The minimum atomic E-state index is -0.309. The molecular weight excluding hydrogens is 340 g/mol. The van der Waals surface area contributed by atoms with E-state index < -0.39 is 0 Å². The molecule has 2 aromatic rings. The van der Waals surface area contributed by atoms with Gasteiger partial charge in [0.1, 0.15) is 18.1 Å². The van der Waals surface area contributed by atoms with Crippen LogP contribution in [0.25, 0.3) is 0 Å². The van der Waals surface area contributed by atoms with Gasteiger partial charge in [-0.3, -0.25) is 0 Å². The van der Waals surface area contributed by atoms with Gasteiger partial charge < -0.3 is 20.1 Å². The van der Waals surface area contributed by atoms with E-state index in [0.29, 0.717) is 29.6 Å². The standard InChI is InChI=1S/C19H23ClN2O3/c1-13(2)25-18-7-5-4-6-16(18)22-19(23)21-10-11-24-17-9-8-15(20)12-14(17)3/h4-9,12-13H,10-11H2,1-3H3,(H2,21,22,23). The van der Waals surface area contributed by atoms with Crippen LogP contribution in [0.3, 0.4) is 0 Å². The van der Waals surface area contributed by atoms with Crippen molar-refractivity contribution in [3.05, 3.63) is 53.1 Å². The number of hydrogen-bond donors (Lipinski definition) is 2. The zero-order chi connectivity index (χ0) is 18.2. The zero-order valence-corrected chi connectivity index (χ0v) is 15.4. The third-order valence-electron chi connectivity index (χ3n) is 3.28. The lowest BCUT2D eigenvalue weighted by molar-refractivity contribution is 0.240. The van der Waals surface area contributed by atoms with Crippen molar-refractivity contribution in [3.63, 3.8) is 0 Å². The summed E-state index contributed by atoms with van der Waals surface area (Å²) in [5, 5.41) is 6.21. The number of rotatable bonds is 7. The van der Waals surface area contributed by atoms with Crippen LogP contribution in [0.15, 0.2) is 42.5 Å². The van der Waals surface area contributed by atoms with Crippen LogP contribution in [0.2, 0.25) is 5.02 Å². The summed E-state index contributed by atoms with van der Waals surface area (Å²) in [6, 6.07) is 12.4. The predicted molar refractivity (Wildman–Crippen MR) is 101 cm³/mol. The molecule has 0 saturated carbocycles. The van der Waals surface area contributed by atoms with Crippen LogP contribution >= 0.6 is 11.6 Å². The fourth-order valence-corrected chi connectivity index (χ4v) is 2.42. The Balaban J connectivity index is 1.79. The number of urea groups is 1. The van der Waals surface area contributed by atoms with E-state index in [2.05, 4.69) is 10.6 Å². The van der Waals surface area contributed by atoms with Gasteiger partial charge in [-0.25, -0.2) is 4.79 Å². The van der Waals surface area contributed by atoms with Crippen LogP contribution in [0.1, 0.15) is 19.4 Å². The molecule has 0 bridgehead atoms. The number of anilines is 1. The van der Waals surface area contributed by atoms with Gasteiger partial charge in [0, 0.05) is 5.02 Å². The topological polar surface area (TPSA) is 59.6 Å². The van der Waals surface area contributed by atoms with Gasteiger partial charge in [0.25, 0.3) is 0 Å². The molecule has 0 unspecified atom stereocenters. The average molecular weight is 363 g/mol. The van der Waals surface area contributed by atoms with Gasteiger partial charge in [-0.05, 0) is 56.7 Å². The van der Waals surface area contributed by atoms with Crippen LogP contribution in [0, 0.1) is 6.92 Å². The van der Waals surface area contributed by atoms with Gasteiger partial charge >= 0.3 is 6.03 Å². The molecular formula is C19H23ClN2O3. The molecule has 0 radical (unpaired) electrons. The Hall–Kier alpha value is -2.40. The molecule has 0 heterocycles. The Morgan fingerprint density at radius 1 is 1.16 bits per heavy atom. The van der Waals surface area contributed by atoms with Crippen LogP contribution in [0.4, 0.5) is 10.5 Å². The molecule has 134 valence electrons. The smallest absolute Gasteiger partial charge is 0.319 e. The number of hydrogen-bond acceptors (Lipinski definition) is 3. The minimum absolute atomic E-state index is 0.0297. The SMILES string of the molecule is Cc1cc(Cl)ccc1OCCNC(=O)Nc1ccccc1OC(C)C. The predicted octanol–water partition coefficient (Wildman–Crippen LogP) is 4.64. The second kappa shape index (κ2) is 9.18. The Morgan fingerprint density at radius 3 is 2.64 bits per heavy atom. The molecule has 2 aromatic carbocycles. The molecule has 0 aliphatic heterocycles. The van der Waals surface area contributed by atoms with Crippen molar-refractivity contribution in [2.75, 3.05) is 18.5 Å². The van der Waals surface area contributed by atoms with E-state index in [1.54, 1.807) is 12.1 Å². The summed E-state index contributed by atoms with van der Waals surface area (Å²) >= 11 is 5.91. The number of carbonyl (C=O) groups excluding carboxylic acids is 1. The van der Waals surface area contributed by atoms with E-state index in [1.165, 1.54) is 0 Å². The second-order valence-corrected chi connectivity index (χ2v) is 6.24. The van der Waals surface area contributed by atoms with E-state index >= 15 is 0 Å². The van der Waals surface area contributed by atoms with Gasteiger partial charge in [0.15, 0.2) is 0 Å². The second-order valence-electron chi connectivity index (χ2n) is 5.80. The fourth-order valence-electron chi connectivity index (χ4n) is 2.19. The molecule has 0 atom stereocenters. The average Bonchev–Trinajstić information content (AvgIpc) is 2.54. The highest BCUT2D eigenvalue weighted by Gasteiger charge is 2.08. The summed E-state index contributed by atoms with van der Waals surface area (Å²) in [5.74, 6) is 1.39. The van der Waals surface area contributed by atoms with Gasteiger partial charge in [-0.1, -0.05) is 23.7 Å². The maximum atomic E-state index is 12.0. The summed E-state index contributed by atoms with van der Waals surface area (Å²) in [6.45, 7) is 6.54. The van der Waals surface area contributed by atoms with Crippen molar-refractivity contribution in [1.29, 1.82) is 0 Å². The van der Waals surface area contributed by atoms with Gasteiger partial charge in [-0.2, -0.15) is 0 Å². The highest BCUT2D eigenvalue weighted by molar-refractivity contribution is 6.30. The Bertz CT molecular complexity index is 720. The third kappa shape index (κ3) is 6.19. The summed E-state index contributed by atoms with van der Waals surface area (Å²) in [6.07, 6.45) is 0.0297. The summed E-state index contributed by atoms with van der Waals surface area (Å²) in [4.78, 5) is 12.0. The molecule has 0 spiro atoms. The molecule has 0 fully saturated rings. The van der Waals surface area contributed by atoms with Gasteiger partial charge in [0.05, 0.1) is 18.3 Å². The number of para-hydroxylation sites is 2. The number of ether oxygens (including phenoxy) is 2. The first-order chi connectivity index (χ1) is 12.0. The zero-order valence-electron chi connectivity index (χ0n) is 14.6. The molecule has 2 N–H and O–H groups in total. The van der Waals surface area contributed by atoms with Gasteiger partial charge in [0.2, 0.25) is 0 Å². The van der Waals surface area contributed by atoms with Crippen LogP contribution in [-0.2, 0) is 0 Å². The van der Waals surface area contributed by atoms with E-state index in [4.69, 9.17) is 21.1 Å². The van der Waals surface area contributed by atoms with E-state index in [1.807, 2.05) is 51.1 Å². The molecule has 6 heteroatoms. The van der Waals surface area contributed by atoms with Crippen molar-refractivity contribution < 1.29 is 14.3 Å². The Labute approximate surface area is 153 Å². The summed E-state index contributed by atoms with van der Waals surface area (Å²) in [5.41, 5.74) is 1.58. The molecule has 25 heavy (non-hydrogen) atoms. The number of benzene rings is 2.